The molecule has 2 aliphatic rings. The van der Waals surface area contributed by atoms with Crippen LogP contribution >= 0.6 is 0 Å². The van der Waals surface area contributed by atoms with Crippen LogP contribution in [0, 0.1) is 0 Å². The molecule has 2 fully saturated rings. The molecule has 2 N–H and O–H groups in total. The van der Waals surface area contributed by atoms with Crippen LogP contribution in [0.25, 0.3) is 11.0 Å². The van der Waals surface area contributed by atoms with Crippen molar-refractivity contribution in [1.82, 2.24) is 24.8 Å². The Morgan fingerprint density at radius 3 is 2.41 bits per heavy atom. The summed E-state index contributed by atoms with van der Waals surface area (Å²) in [7, 11) is 0. The maximum absolute atomic E-state index is 13.1. The van der Waals surface area contributed by atoms with Crippen molar-refractivity contribution in [2.45, 2.75) is 31.5 Å². The highest BCUT2D eigenvalue weighted by Crippen LogP contribution is 2.39. The van der Waals surface area contributed by atoms with Crippen molar-refractivity contribution in [2.24, 2.45) is 0 Å². The number of rotatable bonds is 8. The zero-order valence-electron chi connectivity index (χ0n) is 25.3. The van der Waals surface area contributed by atoms with E-state index >= 15 is 0 Å². The van der Waals surface area contributed by atoms with Gasteiger partial charge in [-0.25, -0.2) is 15.0 Å². The number of ether oxygens (including phenoxy) is 2. The predicted octanol–water partition coefficient (Wildman–Crippen LogP) is 4.53. The number of nitrogens with one attached hydrogen (secondary N) is 1. The predicted molar refractivity (Wildman–Crippen MR) is 173 cm³/mol. The second kappa shape index (κ2) is 13.7. The van der Waals surface area contributed by atoms with Gasteiger partial charge in [0.25, 0.3) is 5.91 Å². The molecule has 1 amide bonds. The first-order valence-corrected chi connectivity index (χ1v) is 15.5. The molecule has 46 heavy (non-hydrogen) atoms. The van der Waals surface area contributed by atoms with Gasteiger partial charge in [-0.05, 0) is 41.5 Å². The number of nitrogens with zero attached hydrogens (tertiary/aromatic N) is 6. The quantitative estimate of drug-likeness (QED) is 0.257. The number of carbonyl (C=O) groups is 1. The summed E-state index contributed by atoms with van der Waals surface area (Å²) < 4.78 is 13.2. The number of carbonyl (C=O) groups excluding carboxylic acids is 1. The Labute approximate surface area is 266 Å². The third-order valence-electron chi connectivity index (χ3n) is 8.38. The molecular formula is C35H35N7O4. The van der Waals surface area contributed by atoms with Crippen LogP contribution in [-0.4, -0.2) is 74.7 Å². The van der Waals surface area contributed by atoms with Crippen molar-refractivity contribution >= 4 is 28.6 Å². The molecule has 11 nitrogen and oxygen atoms in total. The highest BCUT2D eigenvalue weighted by molar-refractivity contribution is 6.03. The minimum atomic E-state index is -0.641. The van der Waals surface area contributed by atoms with Gasteiger partial charge in [-0.1, -0.05) is 48.5 Å². The highest BCUT2D eigenvalue weighted by Gasteiger charge is 2.34. The van der Waals surface area contributed by atoms with Crippen LogP contribution in [0.15, 0.2) is 97.5 Å². The van der Waals surface area contributed by atoms with Crippen molar-refractivity contribution < 1.29 is 19.4 Å². The number of benzene rings is 3. The second-order valence-electron chi connectivity index (χ2n) is 11.5. The normalized spacial score (nSPS) is 20.5. The number of aliphatic hydroxyl groups excluding tert-OH is 1. The SMILES string of the molecule is O=C(Nc1cccc(C2OC(CN3CCN(c4ncccn4)CC3)CC(c3ccc(CO)cc3)O2)c1)c1cnc2ccccc2n1. The molecule has 11 heteroatoms. The van der Waals surface area contributed by atoms with Crippen LogP contribution in [0.3, 0.4) is 0 Å². The molecule has 0 radical (unpaired) electrons. The zero-order chi connectivity index (χ0) is 31.3. The van der Waals surface area contributed by atoms with Crippen LogP contribution in [0.1, 0.15) is 46.0 Å². The molecule has 2 aliphatic heterocycles. The lowest BCUT2D eigenvalue weighted by Crippen LogP contribution is -2.50. The van der Waals surface area contributed by atoms with E-state index in [1.807, 2.05) is 78.9 Å². The molecule has 3 aromatic carbocycles. The Morgan fingerprint density at radius 2 is 1.63 bits per heavy atom. The van der Waals surface area contributed by atoms with Gasteiger partial charge >= 0.3 is 0 Å². The first kappa shape index (κ1) is 29.9. The molecule has 0 aliphatic carbocycles. The van der Waals surface area contributed by atoms with Gasteiger partial charge in [-0.15, -0.1) is 0 Å². The van der Waals surface area contributed by atoms with E-state index < -0.39 is 6.29 Å². The van der Waals surface area contributed by atoms with Gasteiger partial charge in [-0.2, -0.15) is 0 Å². The number of piperazine rings is 1. The summed E-state index contributed by atoms with van der Waals surface area (Å²) in [6.45, 7) is 4.17. The second-order valence-corrected chi connectivity index (χ2v) is 11.5. The summed E-state index contributed by atoms with van der Waals surface area (Å²) in [5.74, 6) is 0.413. The van der Waals surface area contributed by atoms with Gasteiger partial charge < -0.3 is 24.8 Å². The van der Waals surface area contributed by atoms with E-state index in [9.17, 15) is 9.90 Å². The number of fused-ring (bicyclic) bond motifs is 1. The lowest BCUT2D eigenvalue weighted by atomic mass is 9.99. The van der Waals surface area contributed by atoms with Crippen LogP contribution in [-0.2, 0) is 16.1 Å². The Kier molecular flexibility index (Phi) is 8.88. The van der Waals surface area contributed by atoms with Crippen molar-refractivity contribution in [3.8, 4) is 0 Å². The molecule has 3 atom stereocenters. The number of anilines is 2. The molecule has 7 rings (SSSR count). The molecule has 5 aromatic rings. The summed E-state index contributed by atoms with van der Waals surface area (Å²) in [4.78, 5) is 35.4. The van der Waals surface area contributed by atoms with Gasteiger partial charge in [0.1, 0.15) is 5.69 Å². The summed E-state index contributed by atoms with van der Waals surface area (Å²) in [6, 6.07) is 24.7. The van der Waals surface area contributed by atoms with Crippen molar-refractivity contribution in [3.63, 3.8) is 0 Å². The number of amides is 1. The molecule has 0 saturated carbocycles. The summed E-state index contributed by atoms with van der Waals surface area (Å²) in [5, 5.41) is 12.5. The average Bonchev–Trinajstić information content (AvgIpc) is 3.12. The molecule has 234 valence electrons. The van der Waals surface area contributed by atoms with Gasteiger partial charge in [0.05, 0.1) is 36.0 Å². The number of para-hydroxylation sites is 2. The lowest BCUT2D eigenvalue weighted by molar-refractivity contribution is -0.253. The van der Waals surface area contributed by atoms with Crippen molar-refractivity contribution in [2.75, 3.05) is 42.9 Å². The number of aliphatic hydroxyl groups is 1. The number of hydrogen-bond acceptors (Lipinski definition) is 10. The minimum absolute atomic E-state index is 0.0105. The van der Waals surface area contributed by atoms with Crippen LogP contribution in [0.2, 0.25) is 0 Å². The summed E-state index contributed by atoms with van der Waals surface area (Å²) in [5.41, 5.74) is 4.91. The number of aromatic nitrogens is 4. The molecule has 2 saturated heterocycles. The highest BCUT2D eigenvalue weighted by atomic mass is 16.7. The fraction of sp³-hybridized carbons (Fsp3) is 0.286. The first-order valence-electron chi connectivity index (χ1n) is 15.5. The first-order chi connectivity index (χ1) is 22.6. The molecule has 0 bridgehead atoms. The minimum Gasteiger partial charge on any atom is -0.392 e. The molecule has 2 aromatic heterocycles. The Hall–Kier alpha value is -4.81. The maximum atomic E-state index is 13.1. The van der Waals surface area contributed by atoms with Crippen LogP contribution < -0.4 is 10.2 Å². The molecular weight excluding hydrogens is 582 g/mol. The Bertz CT molecular complexity index is 1780. The molecule has 0 spiro atoms. The Balaban J connectivity index is 1.07. The van der Waals surface area contributed by atoms with Gasteiger partial charge in [-0.3, -0.25) is 14.7 Å². The third-order valence-corrected chi connectivity index (χ3v) is 8.38. The maximum Gasteiger partial charge on any atom is 0.275 e. The lowest BCUT2D eigenvalue weighted by Gasteiger charge is -2.40. The van der Waals surface area contributed by atoms with Gasteiger partial charge in [0, 0.05) is 62.8 Å². The van der Waals surface area contributed by atoms with Gasteiger partial charge in [0.2, 0.25) is 5.95 Å². The van der Waals surface area contributed by atoms with E-state index in [0.717, 1.165) is 60.9 Å². The van der Waals surface area contributed by atoms with E-state index in [1.165, 1.54) is 6.20 Å². The molecule has 3 unspecified atom stereocenters. The van der Waals surface area contributed by atoms with E-state index in [-0.39, 0.29) is 30.4 Å². The zero-order valence-corrected chi connectivity index (χ0v) is 25.3. The average molecular weight is 618 g/mol. The van der Waals surface area contributed by atoms with E-state index in [2.05, 4.69) is 35.1 Å². The fourth-order valence-corrected chi connectivity index (χ4v) is 5.93. The summed E-state index contributed by atoms with van der Waals surface area (Å²) >= 11 is 0. The standard InChI is InChI=1S/C35H35N7O4/c43-23-24-9-11-25(12-10-24)32-20-28(22-41-15-17-42(18-16-41)35-36-13-4-14-37-35)45-34(46-32)26-5-3-6-27(19-26)39-33(44)31-21-38-29-7-1-2-8-30(29)40-31/h1-14,19,21,28,32,34,43H,15-18,20,22-23H2,(H,39,44). The van der Waals surface area contributed by atoms with E-state index in [4.69, 9.17) is 9.47 Å². The largest absolute Gasteiger partial charge is 0.392 e. The third kappa shape index (κ3) is 6.87. The van der Waals surface area contributed by atoms with Crippen LogP contribution in [0.5, 0.6) is 0 Å². The summed E-state index contributed by atoms with van der Waals surface area (Å²) in [6.07, 6.45) is 4.78. The van der Waals surface area contributed by atoms with Gasteiger partial charge in [0.15, 0.2) is 6.29 Å². The molecule has 4 heterocycles. The van der Waals surface area contributed by atoms with E-state index in [0.29, 0.717) is 17.6 Å². The van der Waals surface area contributed by atoms with Crippen LogP contribution in [0.4, 0.5) is 11.6 Å². The smallest absolute Gasteiger partial charge is 0.275 e. The van der Waals surface area contributed by atoms with Crippen molar-refractivity contribution in [3.05, 3.63) is 120 Å². The fourth-order valence-electron chi connectivity index (χ4n) is 5.93. The topological polar surface area (TPSA) is 126 Å². The Morgan fingerprint density at radius 1 is 0.848 bits per heavy atom. The number of hydrogen-bond donors (Lipinski definition) is 2. The monoisotopic (exact) mass is 617 g/mol. The van der Waals surface area contributed by atoms with Crippen molar-refractivity contribution in [1.29, 1.82) is 0 Å². The van der Waals surface area contributed by atoms with E-state index in [1.54, 1.807) is 12.4 Å².